The first-order valence-corrected chi connectivity index (χ1v) is 52.8. The summed E-state index contributed by atoms with van der Waals surface area (Å²) in [5, 5.41) is 20.8. The number of phosphoric ester groups is 2. The van der Waals surface area contributed by atoms with Gasteiger partial charge in [0.25, 0.3) is 0 Å². The van der Waals surface area contributed by atoms with Gasteiger partial charge in [-0.1, -0.05) is 416 Å². The highest BCUT2D eigenvalue weighted by Gasteiger charge is 2.30. The molecule has 0 saturated carbocycles. The average molecular weight is 1760 g/mol. The Labute approximate surface area is 752 Å². The van der Waals surface area contributed by atoms with E-state index in [2.05, 4.69) is 179 Å². The maximum Gasteiger partial charge on any atom is 0.472 e. The molecule has 0 amide bonds. The smallest absolute Gasteiger partial charge is 0.463 e. The second kappa shape index (κ2) is 96.3. The minimum Gasteiger partial charge on any atom is -0.463 e. The quantitative estimate of drug-likeness (QED) is 0.0146. The molecule has 0 spiro atoms. The van der Waals surface area contributed by atoms with E-state index in [-0.39, 0.29) is 19.3 Å². The van der Waals surface area contributed by atoms with Crippen molar-refractivity contribution >= 4 is 33.6 Å². The monoisotopic (exact) mass is 1760 g/mol. The molecular weight excluding hydrogens is 1580 g/mol. The SMILES string of the molecule is CC/C=C\C/C=C\C/C=C\C/C=C\C/C=C\CCCCCCCCCCCCCCCCCC(=O)OCC(O)COP(=O)(O)OCC(O)COP(=O)(O)OCC(COC(=O)CCCCCCCCCCCCCCCCC/C=C\C/C=C\C/C=C\C/C=C\CCCCC)OC(=O)CCCCCCCCCCC/C=C\C/C=C\C/C=C\C/C=C\CCCCC. The number of ether oxygens (including phenoxy) is 3. The second-order valence-corrected chi connectivity index (χ2v) is 36.1. The van der Waals surface area contributed by atoms with E-state index >= 15 is 0 Å². The molecule has 0 aliphatic rings. The van der Waals surface area contributed by atoms with Crippen molar-refractivity contribution in [2.75, 3.05) is 39.6 Å². The molecule has 0 saturated heterocycles. The van der Waals surface area contributed by atoms with Gasteiger partial charge in [-0.3, -0.25) is 32.5 Å². The highest BCUT2D eigenvalue weighted by atomic mass is 31.2. The van der Waals surface area contributed by atoms with Crippen LogP contribution in [0.3, 0.4) is 0 Å². The predicted octanol–water partition coefficient (Wildman–Crippen LogP) is 31.2. The first kappa shape index (κ1) is 118. The predicted molar refractivity (Wildman–Crippen MR) is 519 cm³/mol. The number of hydrogen-bond donors (Lipinski definition) is 4. The highest BCUT2D eigenvalue weighted by molar-refractivity contribution is 7.47. The lowest BCUT2D eigenvalue weighted by Gasteiger charge is -2.21. The number of esters is 3. The molecule has 0 fully saturated rings. The maximum atomic E-state index is 13.1. The zero-order chi connectivity index (χ0) is 89.3. The largest absolute Gasteiger partial charge is 0.472 e. The molecule has 0 radical (unpaired) electrons. The molecule has 0 aliphatic heterocycles. The lowest BCUT2D eigenvalue weighted by Crippen LogP contribution is -2.30. The van der Waals surface area contributed by atoms with Gasteiger partial charge in [-0.05, 0) is 154 Å². The maximum absolute atomic E-state index is 13.1. The van der Waals surface area contributed by atoms with Crippen molar-refractivity contribution in [3.63, 3.8) is 0 Å². The van der Waals surface area contributed by atoms with Crippen molar-refractivity contribution < 1.29 is 75.8 Å². The second-order valence-electron chi connectivity index (χ2n) is 33.2. The number of aliphatic hydroxyl groups is 2. The number of carbonyl (C=O) groups excluding carboxylic acids is 3. The van der Waals surface area contributed by atoms with Gasteiger partial charge in [-0.25, -0.2) is 9.13 Å². The Balaban J connectivity index is 4.61. The van der Waals surface area contributed by atoms with Crippen molar-refractivity contribution in [2.45, 2.75) is 450 Å². The number of carbonyl (C=O) groups is 3. The number of hydrogen-bond acceptors (Lipinski definition) is 14. The summed E-state index contributed by atoms with van der Waals surface area (Å²) in [5.41, 5.74) is 0. The third-order valence-electron chi connectivity index (χ3n) is 21.2. The van der Waals surface area contributed by atoms with E-state index in [4.69, 9.17) is 32.3 Å². The van der Waals surface area contributed by atoms with Gasteiger partial charge in [-0.15, -0.1) is 0 Å². The van der Waals surface area contributed by atoms with Crippen molar-refractivity contribution in [3.8, 4) is 0 Å². The normalized spacial score (nSPS) is 14.4. The van der Waals surface area contributed by atoms with Gasteiger partial charge in [0.05, 0.1) is 26.4 Å². The minimum absolute atomic E-state index is 0.0956. The number of unbranched alkanes of at least 4 members (excludes halogenated alkanes) is 45. The minimum atomic E-state index is -4.95. The van der Waals surface area contributed by atoms with E-state index in [1.54, 1.807) is 0 Å². The van der Waals surface area contributed by atoms with Gasteiger partial charge >= 0.3 is 33.6 Å². The molecule has 0 aromatic carbocycles. The Morgan fingerprint density at radius 2 is 0.431 bits per heavy atom. The number of phosphoric acid groups is 2. The zero-order valence-electron chi connectivity index (χ0n) is 78.3. The summed E-state index contributed by atoms with van der Waals surface area (Å²) in [6, 6.07) is 0. The van der Waals surface area contributed by atoms with Gasteiger partial charge in [-0.2, -0.15) is 0 Å². The summed E-state index contributed by atoms with van der Waals surface area (Å²) in [4.78, 5) is 59.2. The molecule has 0 heterocycles. The molecular formula is C105H182O16P2. The molecule has 16 nitrogen and oxygen atoms in total. The molecule has 123 heavy (non-hydrogen) atoms. The molecule has 0 aliphatic carbocycles. The van der Waals surface area contributed by atoms with Crippen LogP contribution in [-0.2, 0) is 55.8 Å². The van der Waals surface area contributed by atoms with Crippen LogP contribution in [0.15, 0.2) is 158 Å². The average Bonchev–Trinajstić information content (AvgIpc) is 0.898. The Morgan fingerprint density at radius 1 is 0.236 bits per heavy atom. The van der Waals surface area contributed by atoms with Crippen molar-refractivity contribution in [3.05, 3.63) is 158 Å². The lowest BCUT2D eigenvalue weighted by molar-refractivity contribution is -0.161. The van der Waals surface area contributed by atoms with Crippen molar-refractivity contribution in [1.29, 1.82) is 0 Å². The van der Waals surface area contributed by atoms with Crippen LogP contribution in [-0.4, -0.2) is 95.9 Å². The van der Waals surface area contributed by atoms with Gasteiger partial charge in [0.2, 0.25) is 0 Å². The van der Waals surface area contributed by atoms with Crippen LogP contribution in [0.2, 0.25) is 0 Å². The summed E-state index contributed by atoms with van der Waals surface area (Å²) in [6.07, 6.45) is 124. The topological polar surface area (TPSA) is 231 Å². The van der Waals surface area contributed by atoms with Crippen LogP contribution in [0, 0.1) is 0 Å². The Hall–Kier alpha value is -4.83. The Morgan fingerprint density at radius 3 is 0.683 bits per heavy atom. The number of allylic oxidation sites excluding steroid dienone is 26. The van der Waals surface area contributed by atoms with Gasteiger partial charge < -0.3 is 34.2 Å². The van der Waals surface area contributed by atoms with Crippen LogP contribution >= 0.6 is 15.6 Å². The highest BCUT2D eigenvalue weighted by Crippen LogP contribution is 2.45. The molecule has 708 valence electrons. The zero-order valence-corrected chi connectivity index (χ0v) is 80.1. The van der Waals surface area contributed by atoms with Gasteiger partial charge in [0.1, 0.15) is 25.4 Å². The van der Waals surface area contributed by atoms with E-state index < -0.39 is 91.5 Å². The van der Waals surface area contributed by atoms with E-state index in [1.165, 1.54) is 231 Å². The van der Waals surface area contributed by atoms with Crippen LogP contribution in [0.25, 0.3) is 0 Å². The van der Waals surface area contributed by atoms with E-state index in [1.807, 2.05) is 0 Å². The molecule has 5 unspecified atom stereocenters. The molecule has 18 heteroatoms. The molecule has 5 atom stereocenters. The fourth-order valence-electron chi connectivity index (χ4n) is 13.7. The third kappa shape index (κ3) is 97.6. The van der Waals surface area contributed by atoms with E-state index in [9.17, 15) is 43.5 Å². The van der Waals surface area contributed by atoms with E-state index in [0.29, 0.717) is 19.3 Å². The van der Waals surface area contributed by atoms with Crippen molar-refractivity contribution in [2.24, 2.45) is 0 Å². The van der Waals surface area contributed by atoms with Gasteiger partial charge in [0.15, 0.2) is 6.10 Å². The Bertz CT molecular complexity index is 2870. The molecule has 0 bridgehead atoms. The molecule has 0 aromatic rings. The van der Waals surface area contributed by atoms with Crippen molar-refractivity contribution in [1.82, 2.24) is 0 Å². The molecule has 4 N–H and O–H groups in total. The summed E-state index contributed by atoms with van der Waals surface area (Å²) in [5.74, 6) is -1.57. The van der Waals surface area contributed by atoms with Crippen LogP contribution < -0.4 is 0 Å². The van der Waals surface area contributed by atoms with E-state index in [0.717, 1.165) is 141 Å². The summed E-state index contributed by atoms with van der Waals surface area (Å²) >= 11 is 0. The molecule has 0 rings (SSSR count). The standard InChI is InChI=1S/C105H182O16P2/c1-4-7-10-13-16-19-22-25-28-31-34-37-40-43-45-47-49-51-53-56-58-61-64-67-70-73-76-79-82-85-88-91-103(108)115-94-100(106)95-117-122(111,112)118-96-101(107)97-119-123(113,114)120-99-102(121-105(110)93-90-87-84-81-78-75-72-69-66-63-60-55-42-39-36-33-30-27-24-21-18-15-12-9-6-3)98-116-104(109)92-89-86-83-80-77-74-71-68-65-62-59-57-54-52-50-48-46-44-41-38-35-32-29-26-23-20-17-14-11-8-5-2/h7,10,16-21,25-30,34-39,43-46,55,60,100-102,106-107H,4-6,8-9,11-15,22-24,31-33,40-42,47-54,56-59,61-99H2,1-3H3,(H,111,112)(H,113,114)/b10-7-,19-16-,20-17-,21-18-,28-25-,29-26-,30-27-,37-34-,38-35-,39-36-,45-43-,46-44-,60-55-. The fourth-order valence-corrected chi connectivity index (χ4v) is 15.3. The van der Waals surface area contributed by atoms with Crippen LogP contribution in [0.4, 0.5) is 0 Å². The first-order valence-electron chi connectivity index (χ1n) is 49.8. The first-order chi connectivity index (χ1) is 60.2. The van der Waals surface area contributed by atoms with Crippen LogP contribution in [0.5, 0.6) is 0 Å². The fraction of sp³-hybridized carbons (Fsp3) is 0.724. The lowest BCUT2D eigenvalue weighted by atomic mass is 10.0. The molecule has 0 aromatic heterocycles. The summed E-state index contributed by atoms with van der Waals surface area (Å²) < 4.78 is 61.6. The summed E-state index contributed by atoms with van der Waals surface area (Å²) in [6.45, 7) is 2.58. The van der Waals surface area contributed by atoms with Gasteiger partial charge in [0, 0.05) is 19.3 Å². The van der Waals surface area contributed by atoms with Crippen LogP contribution in [0.1, 0.15) is 432 Å². The number of rotatable bonds is 94. The Kier molecular flexibility index (Phi) is 92.5. The summed E-state index contributed by atoms with van der Waals surface area (Å²) in [7, 11) is -9.82. The third-order valence-corrected chi connectivity index (χ3v) is 23.1. The number of aliphatic hydroxyl groups excluding tert-OH is 2.